The first-order valence-electron chi connectivity index (χ1n) is 48.4. The van der Waals surface area contributed by atoms with Gasteiger partial charge in [-0.15, -0.1) is 11.8 Å². The van der Waals surface area contributed by atoms with E-state index < -0.39 is 265 Å². The number of aryl methyl sites for hydroxylation is 1. The zero-order valence-electron chi connectivity index (χ0n) is 82.6. The number of guanidine groups is 1. The van der Waals surface area contributed by atoms with Crippen molar-refractivity contribution in [3.05, 3.63) is 125 Å². The number of carboxylic acids is 2. The SMILES string of the molecule is Cc1cccc(C[C@@H]2NC(=O)[C@H](CC(=O)O)NC(=O)[C@H](Cc3ccc(OCC(=O)O)cc3)NC(=O)[C@H](CCCNC(=N)N)NC(=O)CSC[C@@H](C(=O)N[C@@H](CO)C(N)=O)NC(=O)[C@H](CO)NC(=O)[C@H](C(C)C)NC(=O)[C@H](CC3CCCCC3)NC(=O)[C@H](CCN)NC(=O)[C@@H](CC(C)C)NC(=O)[C@H](CCCN)NC(=O)[C@H](CCCNC(N)=O)NC(=O)[C@H](Cc3ccc(-c4ccccc4)cc3)NC(=O)[C@H](C(C)C)NC2=O)c1. The fourth-order valence-corrected chi connectivity index (χ4v) is 17.0. The molecule has 1 aliphatic carbocycles. The molecular formula is C97H143N23O24S. The van der Waals surface area contributed by atoms with Crippen molar-refractivity contribution in [1.82, 2.24) is 90.4 Å². The summed E-state index contributed by atoms with van der Waals surface area (Å²) in [5.41, 5.74) is 32.0. The number of aliphatic hydroxyl groups is 2. The molecule has 0 bridgehead atoms. The Morgan fingerprint density at radius 1 is 0.455 bits per heavy atom. The average Bonchev–Trinajstić information content (AvgIpc) is 0.828. The van der Waals surface area contributed by atoms with Crippen LogP contribution in [0.4, 0.5) is 4.79 Å². The van der Waals surface area contributed by atoms with Crippen molar-refractivity contribution < 1.29 is 116 Å². The Hall–Kier alpha value is -14.1. The van der Waals surface area contributed by atoms with Gasteiger partial charge in [0.25, 0.3) is 0 Å². The highest BCUT2D eigenvalue weighted by Crippen LogP contribution is 2.29. The van der Waals surface area contributed by atoms with Crippen molar-refractivity contribution in [2.45, 2.75) is 255 Å². The van der Waals surface area contributed by atoms with Crippen molar-refractivity contribution in [3.8, 4) is 16.9 Å². The first-order chi connectivity index (χ1) is 68.9. The second kappa shape index (κ2) is 61.8. The van der Waals surface area contributed by atoms with Gasteiger partial charge >= 0.3 is 18.0 Å². The topological polar surface area (TPSA) is 773 Å². The number of carbonyl (C=O) groups is 19. The Morgan fingerprint density at radius 2 is 0.897 bits per heavy atom. The van der Waals surface area contributed by atoms with Crippen LogP contribution < -0.4 is 124 Å². The van der Waals surface area contributed by atoms with E-state index in [2.05, 4.69) is 90.4 Å². The number of nitrogens with two attached hydrogens (primary N) is 5. The van der Waals surface area contributed by atoms with Crippen molar-refractivity contribution >= 4 is 130 Å². The summed E-state index contributed by atoms with van der Waals surface area (Å²) in [4.78, 5) is 273. The highest BCUT2D eigenvalue weighted by molar-refractivity contribution is 8.00. The van der Waals surface area contributed by atoms with Gasteiger partial charge in [-0.05, 0) is 141 Å². The molecule has 32 N–H and O–H groups in total. The van der Waals surface area contributed by atoms with Crippen molar-refractivity contribution in [3.63, 3.8) is 0 Å². The van der Waals surface area contributed by atoms with Gasteiger partial charge in [-0.25, -0.2) is 9.59 Å². The number of hydrogen-bond acceptors (Lipinski definition) is 26. The molecule has 4 aromatic rings. The van der Waals surface area contributed by atoms with E-state index in [9.17, 15) is 73.2 Å². The number of hydrogen-bond donors (Lipinski definition) is 27. The maximum atomic E-state index is 15.5. The van der Waals surface area contributed by atoms with Gasteiger partial charge in [-0.3, -0.25) is 86.9 Å². The van der Waals surface area contributed by atoms with Crippen LogP contribution in [-0.2, 0) is 106 Å². The molecule has 0 aromatic heterocycles. The lowest BCUT2D eigenvalue weighted by Gasteiger charge is -2.31. The molecule has 796 valence electrons. The number of carbonyl (C=O) groups excluding carboxylic acids is 17. The maximum Gasteiger partial charge on any atom is 0.341 e. The summed E-state index contributed by atoms with van der Waals surface area (Å²) in [6.07, 6.45) is 0.0573. The molecule has 0 spiro atoms. The lowest BCUT2D eigenvalue weighted by molar-refractivity contribution is -0.142. The molecule has 1 saturated heterocycles. The third-order valence-corrected chi connectivity index (χ3v) is 24.9. The van der Waals surface area contributed by atoms with E-state index in [1.165, 1.54) is 52.0 Å². The summed E-state index contributed by atoms with van der Waals surface area (Å²) in [6, 6.07) is 1.75. The van der Waals surface area contributed by atoms with Gasteiger partial charge in [-0.1, -0.05) is 170 Å². The standard InChI is InChI=1S/C97H143N23O24S/c1-52(2)40-67-86(133)109-66(35-37-99)85(132)112-70(42-56-19-10-8-11-20-56)90(137)120-80(54(5)6)95(142)117-74(48-122)92(139)118-75(93(140)116-73(47-121)81(100)128)50-145-51-76(123)106-63(25-16-38-104-96(101)102)82(129)111-68(44-58-29-33-62(34-30-58)144-49-78(126)127)88(135)114-72(46-77(124)125)89(136)113-71(45-59-21-14-18-55(7)41-59)91(138)119-79(53(3)4)94(141)115-69(43-57-27-31-61(32-28-57)60-22-12-9-13-23-60)87(134)108-65(26-17-39-105-97(103)143)83(130)107-64(24-15-36-98)84(131)110-67/h9,12-14,18,21-23,27-34,41,52-54,56,63-75,79-80,121-122H,8,10-11,15-17,19-20,24-26,35-40,42-51,98-99H2,1-7H3,(H2,100,128)(H,106,123)(H,107,130)(H,108,134)(H,109,133)(H,110,131)(H,111,129)(H,112,132)(H,113,136)(H,114,135)(H,115,141)(H,116,140)(H,117,142)(H,118,139)(H,119,138)(H,120,137)(H,124,125)(H,126,127)(H4,101,102,104)(H3,103,105,143)/t63-,64-,65-,66-,67+,68-,69-,70-,71-,72-,73-,74-,75-,79-,80-/m0/s1. The number of carboxylic acid groups (broad SMARTS) is 2. The number of aliphatic carboxylic acids is 2. The first kappa shape index (κ1) is 120. The van der Waals surface area contributed by atoms with Crippen LogP contribution in [0.1, 0.15) is 160 Å². The molecule has 47 nitrogen and oxygen atoms in total. The minimum absolute atomic E-state index is 0.00586. The lowest BCUT2D eigenvalue weighted by atomic mass is 9.84. The van der Waals surface area contributed by atoms with Gasteiger partial charge in [-0.2, -0.15) is 0 Å². The van der Waals surface area contributed by atoms with Crippen LogP contribution in [0, 0.1) is 36.0 Å². The molecule has 0 radical (unpaired) electrons. The van der Waals surface area contributed by atoms with Crippen molar-refractivity contribution in [2.75, 3.05) is 57.5 Å². The Labute approximate surface area is 844 Å². The second-order valence-electron chi connectivity index (χ2n) is 37.0. The second-order valence-corrected chi connectivity index (χ2v) is 38.0. The van der Waals surface area contributed by atoms with E-state index in [1.807, 2.05) is 30.3 Å². The predicted octanol–water partition coefficient (Wildman–Crippen LogP) is -3.76. The Balaban J connectivity index is 1.53. The van der Waals surface area contributed by atoms with Crippen LogP contribution >= 0.6 is 11.8 Å². The minimum atomic E-state index is -2.14. The van der Waals surface area contributed by atoms with Gasteiger partial charge in [0, 0.05) is 38.1 Å². The molecule has 2 aliphatic rings. The van der Waals surface area contributed by atoms with Gasteiger partial charge in [0.1, 0.15) is 96.4 Å². The molecule has 15 atom stereocenters. The van der Waals surface area contributed by atoms with E-state index >= 15 is 38.4 Å². The van der Waals surface area contributed by atoms with E-state index in [0.29, 0.717) is 41.3 Å². The zero-order valence-corrected chi connectivity index (χ0v) is 83.4. The Bertz CT molecular complexity index is 5060. The van der Waals surface area contributed by atoms with Crippen LogP contribution in [0.25, 0.3) is 11.1 Å². The van der Waals surface area contributed by atoms with Crippen LogP contribution in [0.2, 0.25) is 0 Å². The Morgan fingerprint density at radius 3 is 1.39 bits per heavy atom. The molecular weight excluding hydrogens is 1900 g/mol. The third kappa shape index (κ3) is 42.4. The van der Waals surface area contributed by atoms with Crippen LogP contribution in [0.15, 0.2) is 103 Å². The van der Waals surface area contributed by atoms with Gasteiger partial charge in [0.05, 0.1) is 25.4 Å². The number of primary amides is 2. The summed E-state index contributed by atoms with van der Waals surface area (Å²) in [5, 5.41) is 92.2. The fraction of sp³-hybridized carbons (Fsp3) is 0.546. The van der Waals surface area contributed by atoms with Crippen LogP contribution in [-0.4, -0.2) is 287 Å². The molecule has 1 heterocycles. The van der Waals surface area contributed by atoms with Gasteiger partial charge in [0.15, 0.2) is 12.6 Å². The molecule has 48 heteroatoms. The van der Waals surface area contributed by atoms with Crippen LogP contribution in [0.3, 0.4) is 0 Å². The smallest absolute Gasteiger partial charge is 0.341 e. The number of urea groups is 1. The molecule has 18 amide bonds. The van der Waals surface area contributed by atoms with Gasteiger partial charge in [0.2, 0.25) is 94.5 Å². The predicted molar refractivity (Wildman–Crippen MR) is 534 cm³/mol. The summed E-state index contributed by atoms with van der Waals surface area (Å²) in [6.45, 7) is 7.79. The molecule has 4 aromatic carbocycles. The molecule has 1 saturated carbocycles. The molecule has 6 rings (SSSR count). The number of ether oxygens (including phenoxy) is 1. The van der Waals surface area contributed by atoms with E-state index in [-0.39, 0.29) is 120 Å². The number of thioether (sulfide) groups is 1. The summed E-state index contributed by atoms with van der Waals surface area (Å²) >= 11 is 0.615. The minimum Gasteiger partial charge on any atom is -0.482 e. The normalized spacial score (nSPS) is 23.1. The summed E-state index contributed by atoms with van der Waals surface area (Å²) < 4.78 is 5.31. The third-order valence-electron chi connectivity index (χ3n) is 23.9. The molecule has 2 fully saturated rings. The van der Waals surface area contributed by atoms with Crippen molar-refractivity contribution in [2.24, 2.45) is 52.3 Å². The highest BCUT2D eigenvalue weighted by atomic mass is 32.2. The summed E-state index contributed by atoms with van der Waals surface area (Å²) in [5.74, 6) is -24.3. The Kier molecular flexibility index (Phi) is 50.9. The lowest BCUT2D eigenvalue weighted by Crippen LogP contribution is -2.62. The average molecular weight is 2050 g/mol. The molecule has 145 heavy (non-hydrogen) atoms. The van der Waals surface area contributed by atoms with Crippen LogP contribution in [0.5, 0.6) is 5.75 Å². The maximum absolute atomic E-state index is 15.5. The molecule has 1 aliphatic heterocycles. The highest BCUT2D eigenvalue weighted by Gasteiger charge is 2.41. The fourth-order valence-electron chi connectivity index (χ4n) is 16.1. The number of rotatable bonds is 36. The monoisotopic (exact) mass is 2050 g/mol. The number of nitrogens with one attached hydrogen (secondary N) is 18. The largest absolute Gasteiger partial charge is 0.482 e. The number of aliphatic hydroxyl groups excluding tert-OH is 2. The quantitative estimate of drug-likeness (QED) is 0.0118. The van der Waals surface area contributed by atoms with Gasteiger partial charge < -0.3 is 144 Å². The van der Waals surface area contributed by atoms with E-state index in [1.54, 1.807) is 69.3 Å². The number of amides is 18. The zero-order chi connectivity index (χ0) is 107. The van der Waals surface area contributed by atoms with E-state index in [0.717, 1.165) is 30.4 Å². The summed E-state index contributed by atoms with van der Waals surface area (Å²) in [7, 11) is 0. The first-order valence-corrected chi connectivity index (χ1v) is 49.5. The number of benzene rings is 4. The van der Waals surface area contributed by atoms with E-state index in [4.69, 9.17) is 38.8 Å². The molecule has 0 unspecified atom stereocenters. The van der Waals surface area contributed by atoms with Crippen molar-refractivity contribution in [1.29, 1.82) is 5.41 Å².